The molecule has 0 aliphatic carbocycles. The van der Waals surface area contributed by atoms with Crippen LogP contribution in [0.1, 0.15) is 12.5 Å². The molecule has 6 nitrogen and oxygen atoms in total. The van der Waals surface area contributed by atoms with E-state index in [0.29, 0.717) is 5.56 Å². The Bertz CT molecular complexity index is 450. The smallest absolute Gasteiger partial charge is 0.320 e. The van der Waals surface area contributed by atoms with Crippen LogP contribution < -0.4 is 5.32 Å². The quantitative estimate of drug-likeness (QED) is 0.621. The fraction of sp³-hybridized carbons (Fsp3) is 0.300. The number of nitrogens with zero attached hydrogens (tertiary/aromatic N) is 1. The molecule has 1 atom stereocenters. The second-order valence-electron chi connectivity index (χ2n) is 3.47. The summed E-state index contributed by atoms with van der Waals surface area (Å²) in [4.78, 5) is 20.8. The number of nitrogens with one attached hydrogen (secondary N) is 1. The minimum Gasteiger partial charge on any atom is -0.480 e. The predicted molar refractivity (Wildman–Crippen MR) is 62.0 cm³/mol. The Morgan fingerprint density at radius 3 is 2.82 bits per heavy atom. The number of nitro benzene ring substituents is 1. The van der Waals surface area contributed by atoms with E-state index in [1.54, 1.807) is 0 Å². The monoisotopic (exact) mass is 258 g/mol. The third-order valence-electron chi connectivity index (χ3n) is 2.21. The maximum Gasteiger partial charge on any atom is 0.320 e. The summed E-state index contributed by atoms with van der Waals surface area (Å²) < 4.78 is 0. The van der Waals surface area contributed by atoms with Gasteiger partial charge in [0.1, 0.15) is 6.04 Å². The van der Waals surface area contributed by atoms with Crippen molar-refractivity contribution in [2.75, 3.05) is 0 Å². The molecular weight excluding hydrogens is 248 g/mol. The first-order chi connectivity index (χ1) is 7.91. The largest absolute Gasteiger partial charge is 0.480 e. The summed E-state index contributed by atoms with van der Waals surface area (Å²) in [7, 11) is 0. The SMILES string of the molecule is CC(NCc1ccc(Cl)cc1[N+](=O)[O-])C(=O)O. The Balaban J connectivity index is 2.84. The average molecular weight is 259 g/mol. The van der Waals surface area contributed by atoms with Crippen LogP contribution in [0.15, 0.2) is 18.2 Å². The van der Waals surface area contributed by atoms with Crippen LogP contribution in [-0.4, -0.2) is 22.0 Å². The summed E-state index contributed by atoms with van der Waals surface area (Å²) in [6.45, 7) is 1.56. The fourth-order valence-electron chi connectivity index (χ4n) is 1.21. The highest BCUT2D eigenvalue weighted by molar-refractivity contribution is 6.30. The molecule has 0 aromatic heterocycles. The normalized spacial score (nSPS) is 12.1. The van der Waals surface area contributed by atoms with Gasteiger partial charge in [-0.05, 0) is 19.1 Å². The zero-order valence-corrected chi connectivity index (χ0v) is 9.77. The number of nitro groups is 1. The maximum atomic E-state index is 10.8. The summed E-state index contributed by atoms with van der Waals surface area (Å²) in [5.74, 6) is -1.01. The van der Waals surface area contributed by atoms with E-state index in [1.165, 1.54) is 25.1 Å². The van der Waals surface area contributed by atoms with Crippen molar-refractivity contribution >= 4 is 23.3 Å². The molecule has 1 unspecified atom stereocenters. The van der Waals surface area contributed by atoms with Crippen LogP contribution in [0.3, 0.4) is 0 Å². The summed E-state index contributed by atoms with van der Waals surface area (Å²) in [5, 5.41) is 22.4. The van der Waals surface area contributed by atoms with E-state index >= 15 is 0 Å². The van der Waals surface area contributed by atoms with Gasteiger partial charge in [0.05, 0.1) is 4.92 Å². The number of hydrogen-bond acceptors (Lipinski definition) is 4. The average Bonchev–Trinajstić information content (AvgIpc) is 2.26. The van der Waals surface area contributed by atoms with Crippen LogP contribution >= 0.6 is 11.6 Å². The minimum atomic E-state index is -1.01. The number of carbonyl (C=O) groups is 1. The molecule has 0 saturated carbocycles. The van der Waals surface area contributed by atoms with Crippen molar-refractivity contribution in [2.45, 2.75) is 19.5 Å². The standard InChI is InChI=1S/C10H11ClN2O4/c1-6(10(14)15)12-5-7-2-3-8(11)4-9(7)13(16)17/h2-4,6,12H,5H2,1H3,(H,14,15). The highest BCUT2D eigenvalue weighted by Gasteiger charge is 2.16. The second kappa shape index (κ2) is 5.60. The molecule has 17 heavy (non-hydrogen) atoms. The van der Waals surface area contributed by atoms with E-state index in [-0.39, 0.29) is 17.3 Å². The number of carboxylic acids is 1. The van der Waals surface area contributed by atoms with E-state index in [0.717, 1.165) is 0 Å². The van der Waals surface area contributed by atoms with E-state index in [9.17, 15) is 14.9 Å². The predicted octanol–water partition coefficient (Wildman–Crippen LogP) is 1.81. The van der Waals surface area contributed by atoms with Crippen molar-refractivity contribution in [2.24, 2.45) is 0 Å². The molecule has 0 aliphatic rings. The Kier molecular flexibility index (Phi) is 4.42. The molecule has 1 aromatic rings. The number of halogens is 1. The zero-order chi connectivity index (χ0) is 13.0. The zero-order valence-electron chi connectivity index (χ0n) is 9.01. The van der Waals surface area contributed by atoms with Crippen molar-refractivity contribution in [3.8, 4) is 0 Å². The van der Waals surface area contributed by atoms with Gasteiger partial charge in [0, 0.05) is 23.2 Å². The van der Waals surface area contributed by atoms with Crippen molar-refractivity contribution < 1.29 is 14.8 Å². The fourth-order valence-corrected chi connectivity index (χ4v) is 1.37. The minimum absolute atomic E-state index is 0.0982. The Morgan fingerprint density at radius 1 is 1.65 bits per heavy atom. The van der Waals surface area contributed by atoms with Gasteiger partial charge in [-0.15, -0.1) is 0 Å². The lowest BCUT2D eigenvalue weighted by molar-refractivity contribution is -0.385. The number of rotatable bonds is 5. The van der Waals surface area contributed by atoms with Gasteiger partial charge in [-0.25, -0.2) is 0 Å². The van der Waals surface area contributed by atoms with Crippen molar-refractivity contribution in [1.29, 1.82) is 0 Å². The third kappa shape index (κ3) is 3.69. The van der Waals surface area contributed by atoms with Crippen molar-refractivity contribution in [3.63, 3.8) is 0 Å². The first-order valence-corrected chi connectivity index (χ1v) is 5.18. The molecule has 1 rings (SSSR count). The molecule has 0 radical (unpaired) electrons. The van der Waals surface area contributed by atoms with Crippen LogP contribution in [0, 0.1) is 10.1 Å². The molecule has 0 saturated heterocycles. The van der Waals surface area contributed by atoms with E-state index in [1.807, 2.05) is 0 Å². The molecule has 0 fully saturated rings. The lowest BCUT2D eigenvalue weighted by atomic mass is 10.1. The molecular formula is C10H11ClN2O4. The molecule has 1 aromatic carbocycles. The number of benzene rings is 1. The molecule has 2 N–H and O–H groups in total. The lowest BCUT2D eigenvalue weighted by Crippen LogP contribution is -2.33. The van der Waals surface area contributed by atoms with Crippen molar-refractivity contribution in [3.05, 3.63) is 38.9 Å². The summed E-state index contributed by atoms with van der Waals surface area (Å²) in [5.41, 5.74) is 0.273. The van der Waals surface area contributed by atoms with Crippen LogP contribution in [-0.2, 0) is 11.3 Å². The first-order valence-electron chi connectivity index (χ1n) is 4.81. The topological polar surface area (TPSA) is 92.5 Å². The number of aliphatic carboxylic acids is 1. The first kappa shape index (κ1) is 13.4. The summed E-state index contributed by atoms with van der Waals surface area (Å²) >= 11 is 5.66. The summed E-state index contributed by atoms with van der Waals surface area (Å²) in [6.07, 6.45) is 0. The van der Waals surface area contributed by atoms with E-state index < -0.39 is 16.9 Å². The van der Waals surface area contributed by atoms with Gasteiger partial charge in [0.2, 0.25) is 0 Å². The van der Waals surface area contributed by atoms with Crippen LogP contribution in [0.4, 0.5) is 5.69 Å². The van der Waals surface area contributed by atoms with Crippen LogP contribution in [0.25, 0.3) is 0 Å². The van der Waals surface area contributed by atoms with Gasteiger partial charge in [-0.2, -0.15) is 0 Å². The Hall–Kier alpha value is -1.66. The van der Waals surface area contributed by atoms with Gasteiger partial charge >= 0.3 is 5.97 Å². The van der Waals surface area contributed by atoms with Gasteiger partial charge in [-0.3, -0.25) is 14.9 Å². The Labute approximate surface area is 102 Å². The third-order valence-corrected chi connectivity index (χ3v) is 2.45. The summed E-state index contributed by atoms with van der Waals surface area (Å²) in [6, 6.07) is 3.49. The molecule has 92 valence electrons. The van der Waals surface area contributed by atoms with E-state index in [4.69, 9.17) is 16.7 Å². The van der Waals surface area contributed by atoms with Gasteiger partial charge < -0.3 is 10.4 Å². The van der Waals surface area contributed by atoms with Gasteiger partial charge in [0.25, 0.3) is 5.69 Å². The molecule has 0 bridgehead atoms. The van der Waals surface area contributed by atoms with Crippen molar-refractivity contribution in [1.82, 2.24) is 5.32 Å². The molecule has 0 amide bonds. The second-order valence-corrected chi connectivity index (χ2v) is 3.91. The maximum absolute atomic E-state index is 10.8. The highest BCUT2D eigenvalue weighted by atomic mass is 35.5. The highest BCUT2D eigenvalue weighted by Crippen LogP contribution is 2.23. The van der Waals surface area contributed by atoms with Gasteiger partial charge in [0.15, 0.2) is 0 Å². The van der Waals surface area contributed by atoms with Crippen LogP contribution in [0.5, 0.6) is 0 Å². The molecule has 0 spiro atoms. The number of carboxylic acid groups (broad SMARTS) is 1. The molecule has 0 aliphatic heterocycles. The Morgan fingerprint density at radius 2 is 2.29 bits per heavy atom. The lowest BCUT2D eigenvalue weighted by Gasteiger charge is -2.09. The number of hydrogen-bond donors (Lipinski definition) is 2. The van der Waals surface area contributed by atoms with Crippen LogP contribution in [0.2, 0.25) is 5.02 Å². The van der Waals surface area contributed by atoms with Gasteiger partial charge in [-0.1, -0.05) is 11.6 Å². The molecule has 7 heteroatoms. The molecule has 0 heterocycles. The van der Waals surface area contributed by atoms with E-state index in [2.05, 4.69) is 5.32 Å².